The molecular weight excluding hydrogens is 402 g/mol. The Kier molecular flexibility index (Phi) is 6.69. The highest BCUT2D eigenvalue weighted by atomic mass is 16.6. The number of nitro groups is 1. The van der Waals surface area contributed by atoms with E-state index in [0.29, 0.717) is 16.9 Å². The minimum atomic E-state index is -0.682. The van der Waals surface area contributed by atoms with Gasteiger partial charge in [0.2, 0.25) is 0 Å². The molecule has 0 aliphatic heterocycles. The Bertz CT molecular complexity index is 1120. The molecule has 0 saturated carbocycles. The number of nitrogens with zero attached hydrogens (tertiary/aromatic N) is 2. The van der Waals surface area contributed by atoms with Crippen molar-refractivity contribution in [3.63, 3.8) is 0 Å². The molecular formula is C22H17N3O6. The number of hydrogen-bond donors (Lipinski definition) is 1. The summed E-state index contributed by atoms with van der Waals surface area (Å²) < 4.78 is 10.4. The van der Waals surface area contributed by atoms with Crippen LogP contribution < -0.4 is 14.9 Å². The number of rotatable bonds is 7. The Morgan fingerprint density at radius 3 is 2.26 bits per heavy atom. The van der Waals surface area contributed by atoms with Gasteiger partial charge in [-0.05, 0) is 48.5 Å². The predicted molar refractivity (Wildman–Crippen MR) is 113 cm³/mol. The van der Waals surface area contributed by atoms with Crippen LogP contribution in [0.25, 0.3) is 0 Å². The van der Waals surface area contributed by atoms with Gasteiger partial charge in [0.05, 0.1) is 23.8 Å². The summed E-state index contributed by atoms with van der Waals surface area (Å²) in [7, 11) is 1.53. The van der Waals surface area contributed by atoms with Crippen LogP contribution in [0.1, 0.15) is 26.3 Å². The molecule has 1 N–H and O–H groups in total. The second kappa shape index (κ2) is 9.79. The van der Waals surface area contributed by atoms with Crippen molar-refractivity contribution in [1.29, 1.82) is 0 Å². The maximum Gasteiger partial charge on any atom is 0.343 e. The van der Waals surface area contributed by atoms with Crippen molar-refractivity contribution < 1.29 is 24.0 Å². The maximum atomic E-state index is 12.4. The fourth-order valence-corrected chi connectivity index (χ4v) is 2.53. The van der Waals surface area contributed by atoms with Crippen molar-refractivity contribution in [2.75, 3.05) is 7.11 Å². The highest BCUT2D eigenvalue weighted by molar-refractivity contribution is 5.96. The number of para-hydroxylation sites is 1. The molecule has 0 radical (unpaired) electrons. The Morgan fingerprint density at radius 2 is 1.61 bits per heavy atom. The van der Waals surface area contributed by atoms with E-state index in [-0.39, 0.29) is 17.0 Å². The van der Waals surface area contributed by atoms with E-state index in [4.69, 9.17) is 9.47 Å². The number of nitrogens with one attached hydrogen (secondary N) is 1. The van der Waals surface area contributed by atoms with Crippen LogP contribution in [0, 0.1) is 10.1 Å². The van der Waals surface area contributed by atoms with E-state index in [2.05, 4.69) is 10.5 Å². The number of non-ortho nitro benzene ring substituents is 1. The summed E-state index contributed by atoms with van der Waals surface area (Å²) in [4.78, 5) is 34.7. The maximum absolute atomic E-state index is 12.4. The highest BCUT2D eigenvalue weighted by Gasteiger charge is 2.13. The van der Waals surface area contributed by atoms with Gasteiger partial charge in [-0.15, -0.1) is 0 Å². The first-order chi connectivity index (χ1) is 15.0. The molecule has 0 spiro atoms. The number of nitro benzene ring substituents is 1. The van der Waals surface area contributed by atoms with Crippen molar-refractivity contribution in [3.8, 4) is 11.5 Å². The van der Waals surface area contributed by atoms with Crippen LogP contribution in [0.15, 0.2) is 77.9 Å². The van der Waals surface area contributed by atoms with E-state index in [1.54, 1.807) is 48.5 Å². The Balaban J connectivity index is 1.67. The van der Waals surface area contributed by atoms with Crippen molar-refractivity contribution in [2.45, 2.75) is 0 Å². The van der Waals surface area contributed by atoms with Gasteiger partial charge in [0.1, 0.15) is 11.5 Å². The predicted octanol–water partition coefficient (Wildman–Crippen LogP) is 3.59. The molecule has 0 bridgehead atoms. The second-order valence-corrected chi connectivity index (χ2v) is 6.16. The fourth-order valence-electron chi connectivity index (χ4n) is 2.53. The molecule has 0 atom stereocenters. The first kappa shape index (κ1) is 21.2. The monoisotopic (exact) mass is 419 g/mol. The molecule has 0 saturated heterocycles. The van der Waals surface area contributed by atoms with Gasteiger partial charge in [0, 0.05) is 23.3 Å². The van der Waals surface area contributed by atoms with E-state index < -0.39 is 16.8 Å². The van der Waals surface area contributed by atoms with Gasteiger partial charge >= 0.3 is 5.97 Å². The molecule has 0 heterocycles. The quantitative estimate of drug-likeness (QED) is 0.205. The van der Waals surface area contributed by atoms with Gasteiger partial charge in [-0.1, -0.05) is 12.1 Å². The lowest BCUT2D eigenvalue weighted by atomic mass is 10.2. The fraction of sp³-hybridized carbons (Fsp3) is 0.0455. The molecule has 0 aromatic heterocycles. The van der Waals surface area contributed by atoms with Crippen molar-refractivity contribution in [2.24, 2.45) is 5.10 Å². The molecule has 0 fully saturated rings. The topological polar surface area (TPSA) is 120 Å². The standard InChI is InChI=1S/C22H17N3O6/c1-30-19-12-8-15(9-13-19)21(26)24-23-14-17-4-2-3-5-20(17)31-22(27)16-6-10-18(11-7-16)25(28)29/h2-14H,1H3,(H,24,26)/b23-14-. The van der Waals surface area contributed by atoms with Crippen LogP contribution in [0.4, 0.5) is 5.69 Å². The Hall–Kier alpha value is -4.53. The van der Waals surface area contributed by atoms with E-state index in [9.17, 15) is 19.7 Å². The van der Waals surface area contributed by atoms with Crippen LogP contribution in [0.5, 0.6) is 11.5 Å². The molecule has 3 aromatic carbocycles. The molecule has 9 nitrogen and oxygen atoms in total. The Labute approximate surface area is 177 Å². The van der Waals surface area contributed by atoms with Gasteiger partial charge in [-0.25, -0.2) is 10.2 Å². The molecule has 9 heteroatoms. The summed E-state index contributed by atoms with van der Waals surface area (Å²) in [5.74, 6) is -0.255. The molecule has 1 amide bonds. The normalized spacial score (nSPS) is 10.5. The zero-order valence-corrected chi connectivity index (χ0v) is 16.3. The SMILES string of the molecule is COc1ccc(C(=O)N/N=C\c2ccccc2OC(=O)c2ccc([N+](=O)[O-])cc2)cc1. The van der Waals surface area contributed by atoms with Crippen molar-refractivity contribution in [3.05, 3.63) is 99.6 Å². The number of hydrazone groups is 1. The second-order valence-electron chi connectivity index (χ2n) is 6.16. The first-order valence-corrected chi connectivity index (χ1v) is 9.01. The summed E-state index contributed by atoms with van der Waals surface area (Å²) in [6.45, 7) is 0. The minimum Gasteiger partial charge on any atom is -0.497 e. The number of amides is 1. The third-order valence-electron chi connectivity index (χ3n) is 4.16. The van der Waals surface area contributed by atoms with Crippen LogP contribution in [0.2, 0.25) is 0 Å². The van der Waals surface area contributed by atoms with Gasteiger partial charge in [-0.2, -0.15) is 5.10 Å². The summed E-state index contributed by atoms with van der Waals surface area (Å²) >= 11 is 0. The van der Waals surface area contributed by atoms with Crippen molar-refractivity contribution in [1.82, 2.24) is 5.43 Å². The van der Waals surface area contributed by atoms with Gasteiger partial charge in [0.25, 0.3) is 11.6 Å². The lowest BCUT2D eigenvalue weighted by Gasteiger charge is -2.07. The minimum absolute atomic E-state index is 0.128. The summed E-state index contributed by atoms with van der Waals surface area (Å²) in [5.41, 5.74) is 3.28. The summed E-state index contributed by atoms with van der Waals surface area (Å²) in [6, 6.07) is 18.2. The first-order valence-electron chi connectivity index (χ1n) is 9.01. The largest absolute Gasteiger partial charge is 0.497 e. The number of ether oxygens (including phenoxy) is 2. The van der Waals surface area contributed by atoms with Gasteiger partial charge in [-0.3, -0.25) is 14.9 Å². The number of carbonyl (C=O) groups is 2. The lowest BCUT2D eigenvalue weighted by molar-refractivity contribution is -0.384. The number of carbonyl (C=O) groups excluding carboxylic acids is 2. The smallest absolute Gasteiger partial charge is 0.343 e. The summed E-state index contributed by atoms with van der Waals surface area (Å²) in [5, 5.41) is 14.6. The summed E-state index contributed by atoms with van der Waals surface area (Å²) in [6.07, 6.45) is 1.35. The van der Waals surface area contributed by atoms with Crippen LogP contribution in [0.3, 0.4) is 0 Å². The third-order valence-corrected chi connectivity index (χ3v) is 4.16. The average Bonchev–Trinajstić information content (AvgIpc) is 2.80. The molecule has 3 aromatic rings. The number of hydrogen-bond acceptors (Lipinski definition) is 7. The van der Waals surface area contributed by atoms with Crippen molar-refractivity contribution >= 4 is 23.8 Å². The third kappa shape index (κ3) is 5.51. The van der Waals surface area contributed by atoms with E-state index >= 15 is 0 Å². The molecule has 0 aliphatic carbocycles. The van der Waals surface area contributed by atoms with E-state index in [1.807, 2.05) is 0 Å². The zero-order chi connectivity index (χ0) is 22.2. The molecule has 0 aliphatic rings. The lowest BCUT2D eigenvalue weighted by Crippen LogP contribution is -2.17. The van der Waals surface area contributed by atoms with Crippen LogP contribution in [-0.4, -0.2) is 30.1 Å². The van der Waals surface area contributed by atoms with E-state index in [1.165, 1.54) is 37.6 Å². The zero-order valence-electron chi connectivity index (χ0n) is 16.3. The molecule has 156 valence electrons. The van der Waals surface area contributed by atoms with Gasteiger partial charge < -0.3 is 9.47 Å². The van der Waals surface area contributed by atoms with Crippen LogP contribution in [-0.2, 0) is 0 Å². The number of esters is 1. The number of benzene rings is 3. The van der Waals surface area contributed by atoms with E-state index in [0.717, 1.165) is 0 Å². The average molecular weight is 419 g/mol. The highest BCUT2D eigenvalue weighted by Crippen LogP contribution is 2.19. The number of methoxy groups -OCH3 is 1. The molecule has 0 unspecified atom stereocenters. The molecule has 3 rings (SSSR count). The Morgan fingerprint density at radius 1 is 0.968 bits per heavy atom. The van der Waals surface area contributed by atoms with Crippen LogP contribution >= 0.6 is 0 Å². The van der Waals surface area contributed by atoms with Gasteiger partial charge in [0.15, 0.2) is 0 Å². The molecule has 31 heavy (non-hydrogen) atoms.